The molecule has 1 atom stereocenters. The first-order valence-corrected chi connectivity index (χ1v) is 8.12. The number of hydrogen-bond acceptors (Lipinski definition) is 4. The number of ether oxygens (including phenoxy) is 1. The van der Waals surface area contributed by atoms with Crippen LogP contribution in [0.1, 0.15) is 12.5 Å². The molecule has 3 rings (SSSR count). The average molecular weight is 325 g/mol. The number of amides is 1. The van der Waals surface area contributed by atoms with Crippen LogP contribution in [0.25, 0.3) is 0 Å². The predicted octanol–water partition coefficient (Wildman–Crippen LogP) is 2.51. The van der Waals surface area contributed by atoms with Gasteiger partial charge in [-0.1, -0.05) is 30.3 Å². The van der Waals surface area contributed by atoms with Crippen molar-refractivity contribution < 1.29 is 9.53 Å². The molecule has 5 heteroatoms. The highest BCUT2D eigenvalue weighted by Crippen LogP contribution is 2.34. The predicted molar refractivity (Wildman–Crippen MR) is 96.1 cm³/mol. The maximum Gasteiger partial charge on any atom is 0.242 e. The second-order valence-corrected chi connectivity index (χ2v) is 6.27. The summed E-state index contributed by atoms with van der Waals surface area (Å²) in [7, 11) is 1.84. The topological polar surface area (TPSA) is 58.8 Å². The van der Waals surface area contributed by atoms with Gasteiger partial charge in [0, 0.05) is 25.3 Å². The van der Waals surface area contributed by atoms with Crippen molar-refractivity contribution in [1.82, 2.24) is 4.90 Å². The molecule has 0 bridgehead atoms. The van der Waals surface area contributed by atoms with Crippen LogP contribution < -0.4 is 15.4 Å². The minimum atomic E-state index is 0.0199. The smallest absolute Gasteiger partial charge is 0.242 e. The van der Waals surface area contributed by atoms with Crippen LogP contribution in [0.2, 0.25) is 0 Å². The van der Waals surface area contributed by atoms with Gasteiger partial charge in [0.05, 0.1) is 18.8 Å². The summed E-state index contributed by atoms with van der Waals surface area (Å²) < 4.78 is 5.83. The molecular weight excluding hydrogens is 302 g/mol. The summed E-state index contributed by atoms with van der Waals surface area (Å²) in [6.45, 7) is 3.61. The maximum absolute atomic E-state index is 12.6. The molecule has 0 spiro atoms. The second kappa shape index (κ2) is 6.83. The molecule has 2 aromatic rings. The van der Waals surface area contributed by atoms with Crippen LogP contribution in [-0.4, -0.2) is 37.0 Å². The van der Waals surface area contributed by atoms with Crippen molar-refractivity contribution in [1.29, 1.82) is 0 Å². The summed E-state index contributed by atoms with van der Waals surface area (Å²) in [5, 5.41) is 0. The zero-order valence-corrected chi connectivity index (χ0v) is 14.1. The van der Waals surface area contributed by atoms with E-state index in [-0.39, 0.29) is 12.0 Å². The first-order chi connectivity index (χ1) is 11.5. The molecule has 0 saturated heterocycles. The number of rotatable bonds is 4. The van der Waals surface area contributed by atoms with Crippen LogP contribution in [0.4, 0.5) is 11.4 Å². The van der Waals surface area contributed by atoms with E-state index in [1.807, 2.05) is 62.5 Å². The van der Waals surface area contributed by atoms with Gasteiger partial charge in [0.2, 0.25) is 5.91 Å². The van der Waals surface area contributed by atoms with Crippen molar-refractivity contribution in [2.24, 2.45) is 0 Å². The van der Waals surface area contributed by atoms with Crippen molar-refractivity contribution in [3.05, 3.63) is 54.1 Å². The number of hydrogen-bond donors (Lipinski definition) is 1. The molecule has 1 aliphatic rings. The lowest BCUT2D eigenvalue weighted by Gasteiger charge is -2.35. The van der Waals surface area contributed by atoms with Gasteiger partial charge in [-0.3, -0.25) is 4.79 Å². The summed E-state index contributed by atoms with van der Waals surface area (Å²) >= 11 is 0. The molecule has 24 heavy (non-hydrogen) atoms. The van der Waals surface area contributed by atoms with Crippen LogP contribution in [0.3, 0.4) is 0 Å². The lowest BCUT2D eigenvalue weighted by atomic mass is 10.1. The number of nitrogens with two attached hydrogens (primary N) is 1. The number of fused-ring (bicyclic) bond motifs is 1. The van der Waals surface area contributed by atoms with Crippen LogP contribution in [-0.2, 0) is 11.3 Å². The molecule has 0 fully saturated rings. The quantitative estimate of drug-likeness (QED) is 0.878. The summed E-state index contributed by atoms with van der Waals surface area (Å²) in [4.78, 5) is 16.4. The molecule has 1 aliphatic heterocycles. The summed E-state index contributed by atoms with van der Waals surface area (Å²) in [6.07, 6.45) is 0.0199. The number of nitrogen functional groups attached to an aromatic ring is 1. The van der Waals surface area contributed by atoms with E-state index >= 15 is 0 Å². The van der Waals surface area contributed by atoms with Crippen LogP contribution >= 0.6 is 0 Å². The normalized spacial score (nSPS) is 16.2. The highest BCUT2D eigenvalue weighted by Gasteiger charge is 2.25. The number of nitrogens with zero attached hydrogens (tertiary/aromatic N) is 2. The van der Waals surface area contributed by atoms with Gasteiger partial charge in [0.25, 0.3) is 0 Å². The van der Waals surface area contributed by atoms with Gasteiger partial charge in [-0.15, -0.1) is 0 Å². The summed E-state index contributed by atoms with van der Waals surface area (Å²) in [5.74, 6) is 0.822. The van der Waals surface area contributed by atoms with Gasteiger partial charge in [-0.05, 0) is 24.6 Å². The van der Waals surface area contributed by atoms with Crippen molar-refractivity contribution in [2.75, 3.05) is 30.8 Å². The standard InChI is InChI=1S/C19H23N3O2/c1-14-11-22(17-9-8-16(20)10-18(17)24-14)13-19(23)21(2)12-15-6-4-3-5-7-15/h3-10,14H,11-13,20H2,1-2H3. The second-order valence-electron chi connectivity index (χ2n) is 6.27. The van der Waals surface area contributed by atoms with Crippen molar-refractivity contribution in [2.45, 2.75) is 19.6 Å². The van der Waals surface area contributed by atoms with Gasteiger partial charge in [-0.2, -0.15) is 0 Å². The molecule has 5 nitrogen and oxygen atoms in total. The third kappa shape index (κ3) is 3.62. The van der Waals surface area contributed by atoms with E-state index in [9.17, 15) is 4.79 Å². The number of carbonyl (C=O) groups is 1. The average Bonchev–Trinajstić information content (AvgIpc) is 2.55. The fraction of sp³-hybridized carbons (Fsp3) is 0.316. The minimum Gasteiger partial charge on any atom is -0.487 e. The van der Waals surface area contributed by atoms with E-state index in [0.29, 0.717) is 25.3 Å². The first kappa shape index (κ1) is 16.2. The zero-order valence-electron chi connectivity index (χ0n) is 14.1. The number of likely N-dealkylation sites (N-methyl/N-ethyl adjacent to an activating group) is 1. The Morgan fingerprint density at radius 3 is 2.79 bits per heavy atom. The zero-order chi connectivity index (χ0) is 17.1. The molecule has 1 heterocycles. The molecule has 0 saturated carbocycles. The Morgan fingerprint density at radius 2 is 2.04 bits per heavy atom. The Bertz CT molecular complexity index is 718. The summed E-state index contributed by atoms with van der Waals surface area (Å²) in [5.41, 5.74) is 8.54. The number of benzene rings is 2. The molecule has 1 unspecified atom stereocenters. The van der Waals surface area contributed by atoms with Gasteiger partial charge >= 0.3 is 0 Å². The van der Waals surface area contributed by atoms with E-state index in [0.717, 1.165) is 17.0 Å². The monoisotopic (exact) mass is 325 g/mol. The molecule has 2 aromatic carbocycles. The molecule has 0 aliphatic carbocycles. The van der Waals surface area contributed by atoms with Crippen molar-refractivity contribution in [3.8, 4) is 5.75 Å². The lowest BCUT2D eigenvalue weighted by molar-refractivity contribution is -0.129. The minimum absolute atomic E-state index is 0.0199. The summed E-state index contributed by atoms with van der Waals surface area (Å²) in [6, 6.07) is 15.6. The van der Waals surface area contributed by atoms with Crippen LogP contribution in [0, 0.1) is 0 Å². The molecule has 2 N–H and O–H groups in total. The lowest BCUT2D eigenvalue weighted by Crippen LogP contribution is -2.44. The molecule has 0 radical (unpaired) electrons. The third-order valence-electron chi connectivity index (χ3n) is 4.14. The SMILES string of the molecule is CC1CN(CC(=O)N(C)Cc2ccccc2)c2ccc(N)cc2O1. The Hall–Kier alpha value is -2.69. The van der Waals surface area contributed by atoms with Gasteiger partial charge < -0.3 is 20.3 Å². The van der Waals surface area contributed by atoms with Gasteiger partial charge in [-0.25, -0.2) is 0 Å². The van der Waals surface area contributed by atoms with E-state index in [2.05, 4.69) is 4.90 Å². The highest BCUT2D eigenvalue weighted by atomic mass is 16.5. The van der Waals surface area contributed by atoms with Gasteiger partial charge in [0.1, 0.15) is 11.9 Å². The van der Waals surface area contributed by atoms with E-state index in [4.69, 9.17) is 10.5 Å². The fourth-order valence-corrected chi connectivity index (χ4v) is 2.93. The Labute approximate surface area is 142 Å². The molecular formula is C19H23N3O2. The first-order valence-electron chi connectivity index (χ1n) is 8.12. The number of carbonyl (C=O) groups excluding carboxylic acids is 1. The van der Waals surface area contributed by atoms with Crippen molar-refractivity contribution >= 4 is 17.3 Å². The van der Waals surface area contributed by atoms with Crippen LogP contribution in [0.5, 0.6) is 5.75 Å². The largest absolute Gasteiger partial charge is 0.487 e. The van der Waals surface area contributed by atoms with E-state index in [1.165, 1.54) is 0 Å². The van der Waals surface area contributed by atoms with E-state index < -0.39 is 0 Å². The Balaban J connectivity index is 1.70. The molecule has 126 valence electrons. The molecule has 0 aromatic heterocycles. The van der Waals surface area contributed by atoms with Gasteiger partial charge in [0.15, 0.2) is 0 Å². The van der Waals surface area contributed by atoms with Crippen LogP contribution in [0.15, 0.2) is 48.5 Å². The Morgan fingerprint density at radius 1 is 1.29 bits per heavy atom. The maximum atomic E-state index is 12.6. The number of anilines is 2. The highest BCUT2D eigenvalue weighted by molar-refractivity contribution is 5.82. The fourth-order valence-electron chi connectivity index (χ4n) is 2.93. The van der Waals surface area contributed by atoms with Crippen molar-refractivity contribution in [3.63, 3.8) is 0 Å². The van der Waals surface area contributed by atoms with E-state index in [1.54, 1.807) is 4.90 Å². The molecule has 1 amide bonds. The Kier molecular flexibility index (Phi) is 4.60. The third-order valence-corrected chi connectivity index (χ3v) is 4.14.